The van der Waals surface area contributed by atoms with E-state index in [4.69, 9.17) is 28.9 Å². The van der Waals surface area contributed by atoms with E-state index in [9.17, 15) is 4.79 Å². The van der Waals surface area contributed by atoms with Crippen LogP contribution in [0.1, 0.15) is 10.5 Å². The lowest BCUT2D eigenvalue weighted by molar-refractivity contribution is 0.102. The minimum atomic E-state index is -0.385. The highest BCUT2D eigenvalue weighted by Crippen LogP contribution is 2.32. The first-order valence-corrected chi connectivity index (χ1v) is 5.80. The molecular weight excluding hydrogens is 273 g/mol. The van der Waals surface area contributed by atoms with Crippen LogP contribution in [0.2, 0.25) is 10.0 Å². The Morgan fingerprint density at radius 1 is 1.22 bits per heavy atom. The number of anilines is 2. The normalized spacial score (nSPS) is 10.1. The number of rotatable bonds is 2. The van der Waals surface area contributed by atoms with Crippen LogP contribution in [0, 0.1) is 0 Å². The summed E-state index contributed by atoms with van der Waals surface area (Å²) in [5.41, 5.74) is 6.61. The van der Waals surface area contributed by atoms with Gasteiger partial charge in [-0.25, -0.2) is 0 Å². The van der Waals surface area contributed by atoms with E-state index in [0.717, 1.165) is 0 Å². The number of hydrogen-bond donors (Lipinski definition) is 2. The number of pyridine rings is 1. The van der Waals surface area contributed by atoms with Crippen molar-refractivity contribution in [3.05, 3.63) is 52.3 Å². The second-order valence-electron chi connectivity index (χ2n) is 3.53. The lowest BCUT2D eigenvalue weighted by Gasteiger charge is -2.09. The third-order valence-corrected chi connectivity index (χ3v) is 2.80. The van der Waals surface area contributed by atoms with Gasteiger partial charge in [0, 0.05) is 11.9 Å². The molecule has 0 saturated heterocycles. The molecule has 0 fully saturated rings. The van der Waals surface area contributed by atoms with Crippen LogP contribution in [0.15, 0.2) is 36.5 Å². The van der Waals surface area contributed by atoms with Gasteiger partial charge in [-0.15, -0.1) is 0 Å². The number of carbonyl (C=O) groups is 1. The molecule has 1 heterocycles. The Bertz CT molecular complexity index is 564. The van der Waals surface area contributed by atoms with Crippen LogP contribution in [-0.2, 0) is 0 Å². The summed E-state index contributed by atoms with van der Waals surface area (Å²) in [6.45, 7) is 0. The lowest BCUT2D eigenvalue weighted by atomic mass is 10.2. The molecule has 2 rings (SSSR count). The van der Waals surface area contributed by atoms with Crippen molar-refractivity contribution in [2.45, 2.75) is 0 Å². The number of nitrogens with one attached hydrogen (secondary N) is 1. The first-order valence-electron chi connectivity index (χ1n) is 5.05. The summed E-state index contributed by atoms with van der Waals surface area (Å²) < 4.78 is 0. The van der Waals surface area contributed by atoms with Gasteiger partial charge in [-0.05, 0) is 24.3 Å². The van der Waals surface area contributed by atoms with Crippen LogP contribution in [0.4, 0.5) is 11.4 Å². The van der Waals surface area contributed by atoms with Crippen molar-refractivity contribution in [3.8, 4) is 0 Å². The van der Waals surface area contributed by atoms with Crippen LogP contribution >= 0.6 is 23.2 Å². The fourth-order valence-electron chi connectivity index (χ4n) is 1.39. The predicted molar refractivity (Wildman–Crippen MR) is 73.1 cm³/mol. The van der Waals surface area contributed by atoms with Gasteiger partial charge in [-0.3, -0.25) is 9.78 Å². The van der Waals surface area contributed by atoms with Crippen molar-refractivity contribution in [1.29, 1.82) is 0 Å². The van der Waals surface area contributed by atoms with Crippen molar-refractivity contribution in [2.75, 3.05) is 11.1 Å². The molecule has 92 valence electrons. The minimum absolute atomic E-state index is 0.279. The Kier molecular flexibility index (Phi) is 3.69. The molecular formula is C12H9Cl2N3O. The third kappa shape index (κ3) is 2.72. The van der Waals surface area contributed by atoms with E-state index in [1.54, 1.807) is 18.2 Å². The number of nitrogens with zero attached hydrogens (tertiary/aromatic N) is 1. The summed E-state index contributed by atoms with van der Waals surface area (Å²) in [6, 6.07) is 8.06. The summed E-state index contributed by atoms with van der Waals surface area (Å²) in [5.74, 6) is -0.385. The smallest absolute Gasteiger partial charge is 0.274 e. The molecule has 0 saturated carbocycles. The maximum Gasteiger partial charge on any atom is 0.274 e. The van der Waals surface area contributed by atoms with Gasteiger partial charge in [0.1, 0.15) is 5.69 Å². The summed E-state index contributed by atoms with van der Waals surface area (Å²) in [6.07, 6.45) is 1.53. The van der Waals surface area contributed by atoms with Crippen LogP contribution < -0.4 is 11.1 Å². The highest BCUT2D eigenvalue weighted by Gasteiger charge is 2.12. The largest absolute Gasteiger partial charge is 0.399 e. The van der Waals surface area contributed by atoms with Crippen LogP contribution in [0.25, 0.3) is 0 Å². The number of nitrogen functional groups attached to an aromatic ring is 1. The third-order valence-electron chi connectivity index (χ3n) is 2.20. The van der Waals surface area contributed by atoms with E-state index in [2.05, 4.69) is 10.3 Å². The molecule has 0 radical (unpaired) electrons. The van der Waals surface area contributed by atoms with E-state index >= 15 is 0 Å². The number of halogens is 2. The van der Waals surface area contributed by atoms with Gasteiger partial charge < -0.3 is 11.1 Å². The number of hydrogen-bond acceptors (Lipinski definition) is 3. The standard InChI is InChI=1S/C12H9Cl2N3O/c13-8-5-7(15)6-9(14)11(8)17-12(18)10-3-1-2-4-16-10/h1-6H,15H2,(H,17,18). The molecule has 0 aliphatic heterocycles. The highest BCUT2D eigenvalue weighted by molar-refractivity contribution is 6.40. The van der Waals surface area contributed by atoms with E-state index in [-0.39, 0.29) is 21.6 Å². The zero-order valence-corrected chi connectivity index (χ0v) is 10.7. The van der Waals surface area contributed by atoms with Gasteiger partial charge in [-0.2, -0.15) is 0 Å². The van der Waals surface area contributed by atoms with Crippen molar-refractivity contribution < 1.29 is 4.79 Å². The van der Waals surface area contributed by atoms with E-state index in [1.807, 2.05) is 0 Å². The summed E-state index contributed by atoms with van der Waals surface area (Å²) in [4.78, 5) is 15.8. The second kappa shape index (κ2) is 5.25. The minimum Gasteiger partial charge on any atom is -0.399 e. The van der Waals surface area contributed by atoms with Gasteiger partial charge in [-0.1, -0.05) is 29.3 Å². The van der Waals surface area contributed by atoms with Crippen LogP contribution in [0.3, 0.4) is 0 Å². The Morgan fingerprint density at radius 2 is 1.89 bits per heavy atom. The van der Waals surface area contributed by atoms with Crippen LogP contribution in [-0.4, -0.2) is 10.9 Å². The molecule has 18 heavy (non-hydrogen) atoms. The van der Waals surface area contributed by atoms with Crippen LogP contribution in [0.5, 0.6) is 0 Å². The Morgan fingerprint density at radius 3 is 2.44 bits per heavy atom. The topological polar surface area (TPSA) is 68.0 Å². The molecule has 0 aliphatic rings. The fraction of sp³-hybridized carbons (Fsp3) is 0. The molecule has 3 N–H and O–H groups in total. The predicted octanol–water partition coefficient (Wildman–Crippen LogP) is 3.22. The second-order valence-corrected chi connectivity index (χ2v) is 4.34. The first-order chi connectivity index (χ1) is 8.58. The van der Waals surface area contributed by atoms with Crippen molar-refractivity contribution in [2.24, 2.45) is 0 Å². The number of aromatic nitrogens is 1. The summed E-state index contributed by atoms with van der Waals surface area (Å²) in [5, 5.41) is 3.16. The van der Waals surface area contributed by atoms with Gasteiger partial charge in [0.05, 0.1) is 15.7 Å². The van der Waals surface area contributed by atoms with E-state index in [1.165, 1.54) is 18.3 Å². The van der Waals surface area contributed by atoms with Gasteiger partial charge in [0.25, 0.3) is 5.91 Å². The van der Waals surface area contributed by atoms with Gasteiger partial charge >= 0.3 is 0 Å². The van der Waals surface area contributed by atoms with Crippen molar-refractivity contribution in [3.63, 3.8) is 0 Å². The molecule has 0 aliphatic carbocycles. The Hall–Kier alpha value is -1.78. The Labute approximate surface area is 114 Å². The van der Waals surface area contributed by atoms with E-state index in [0.29, 0.717) is 11.4 Å². The monoisotopic (exact) mass is 281 g/mol. The fourth-order valence-corrected chi connectivity index (χ4v) is 1.99. The molecule has 6 heteroatoms. The molecule has 0 spiro atoms. The van der Waals surface area contributed by atoms with Crippen molar-refractivity contribution in [1.82, 2.24) is 4.98 Å². The molecule has 0 bridgehead atoms. The summed E-state index contributed by atoms with van der Waals surface area (Å²) in [7, 11) is 0. The van der Waals surface area contributed by atoms with E-state index < -0.39 is 0 Å². The van der Waals surface area contributed by atoms with Crippen molar-refractivity contribution >= 4 is 40.5 Å². The number of carbonyl (C=O) groups excluding carboxylic acids is 1. The molecule has 1 aromatic heterocycles. The average Bonchev–Trinajstić information content (AvgIpc) is 2.34. The number of nitrogens with two attached hydrogens (primary N) is 1. The first kappa shape index (κ1) is 12.7. The molecule has 0 unspecified atom stereocenters. The molecule has 4 nitrogen and oxygen atoms in total. The Balaban J connectivity index is 2.28. The number of amides is 1. The molecule has 1 amide bonds. The zero-order chi connectivity index (χ0) is 13.1. The maximum absolute atomic E-state index is 11.9. The quantitative estimate of drug-likeness (QED) is 0.831. The lowest BCUT2D eigenvalue weighted by Crippen LogP contribution is -2.14. The zero-order valence-electron chi connectivity index (χ0n) is 9.15. The SMILES string of the molecule is Nc1cc(Cl)c(NC(=O)c2ccccn2)c(Cl)c1. The molecule has 1 aromatic carbocycles. The summed E-state index contributed by atoms with van der Waals surface area (Å²) >= 11 is 11.9. The molecule has 0 atom stereocenters. The average molecular weight is 282 g/mol. The molecule has 2 aromatic rings. The number of benzene rings is 1. The van der Waals surface area contributed by atoms with Gasteiger partial charge in [0.15, 0.2) is 0 Å². The maximum atomic E-state index is 11.9. The van der Waals surface area contributed by atoms with Gasteiger partial charge in [0.2, 0.25) is 0 Å². The highest BCUT2D eigenvalue weighted by atomic mass is 35.5.